The van der Waals surface area contributed by atoms with Gasteiger partial charge >= 0.3 is 6.09 Å². The molecular formula is C27H36BrNO9. The van der Waals surface area contributed by atoms with Gasteiger partial charge in [0, 0.05) is 13.0 Å². The molecule has 0 unspecified atom stereocenters. The van der Waals surface area contributed by atoms with Crippen molar-refractivity contribution in [1.29, 1.82) is 0 Å². The zero-order valence-corrected chi connectivity index (χ0v) is 23.3. The molecule has 4 atom stereocenters. The van der Waals surface area contributed by atoms with Crippen molar-refractivity contribution in [3.05, 3.63) is 46.5 Å². The molecule has 38 heavy (non-hydrogen) atoms. The average molecular weight is 598 g/mol. The number of hydrogen-bond donors (Lipinski definition) is 2. The van der Waals surface area contributed by atoms with E-state index in [1.807, 2.05) is 44.2 Å². The van der Waals surface area contributed by atoms with Gasteiger partial charge in [-0.3, -0.25) is 9.59 Å². The number of hydrogen-bond acceptors (Lipinski definition) is 9. The lowest BCUT2D eigenvalue weighted by atomic mass is 9.87. The van der Waals surface area contributed by atoms with Crippen molar-refractivity contribution in [2.45, 2.75) is 51.0 Å². The van der Waals surface area contributed by atoms with E-state index < -0.39 is 41.6 Å². The van der Waals surface area contributed by atoms with Crippen molar-refractivity contribution in [3.63, 3.8) is 0 Å². The first kappa shape index (κ1) is 30.4. The standard InChI is InChI=1S/C27H36BrNO9/c1-18(2)21-17-37-26(33)29(21)25(32)20(15-19-7-4-3-5-8-19)24-22(31)16-23(28)27(34,38-24)9-6-11-35-13-14-36-12-10-30/h3-5,7-8,16,18,20-21,24,30,34H,6,9-15,17H2,1-2H3/t20-,21+,24-,27+/m1/s1. The van der Waals surface area contributed by atoms with Crippen molar-refractivity contribution in [1.82, 2.24) is 4.90 Å². The number of carbonyl (C=O) groups excluding carboxylic acids is 3. The van der Waals surface area contributed by atoms with Gasteiger partial charge < -0.3 is 29.2 Å². The van der Waals surface area contributed by atoms with Crippen LogP contribution in [0.1, 0.15) is 32.3 Å². The molecule has 1 aromatic carbocycles. The third-order valence-corrected chi connectivity index (χ3v) is 7.40. The quantitative estimate of drug-likeness (QED) is 0.310. The van der Waals surface area contributed by atoms with Crippen LogP contribution in [-0.4, -0.2) is 90.5 Å². The first-order valence-corrected chi connectivity index (χ1v) is 13.6. The summed E-state index contributed by atoms with van der Waals surface area (Å²) in [6, 6.07) is 8.68. The highest BCUT2D eigenvalue weighted by atomic mass is 79.9. The largest absolute Gasteiger partial charge is 0.447 e. The number of imide groups is 1. The number of aliphatic hydroxyl groups is 2. The molecule has 0 radical (unpaired) electrons. The molecule has 0 saturated carbocycles. The monoisotopic (exact) mass is 597 g/mol. The third-order valence-electron chi connectivity index (χ3n) is 6.55. The second-order valence-electron chi connectivity index (χ2n) is 9.66. The highest BCUT2D eigenvalue weighted by Crippen LogP contribution is 2.38. The number of amides is 2. The van der Waals surface area contributed by atoms with Gasteiger partial charge in [-0.1, -0.05) is 44.2 Å². The lowest BCUT2D eigenvalue weighted by molar-refractivity contribution is -0.218. The predicted octanol–water partition coefficient (Wildman–Crippen LogP) is 2.59. The molecule has 210 valence electrons. The van der Waals surface area contributed by atoms with Crippen LogP contribution in [0.2, 0.25) is 0 Å². The molecular weight excluding hydrogens is 562 g/mol. The van der Waals surface area contributed by atoms with Gasteiger partial charge in [-0.2, -0.15) is 0 Å². The maximum Gasteiger partial charge on any atom is 0.416 e. The molecule has 1 aromatic rings. The second-order valence-corrected chi connectivity index (χ2v) is 10.5. The number of ketones is 1. The maximum atomic E-state index is 13.9. The Kier molecular flexibility index (Phi) is 11.4. The Morgan fingerprint density at radius 1 is 1.16 bits per heavy atom. The van der Waals surface area contributed by atoms with E-state index >= 15 is 0 Å². The normalized spacial score (nSPS) is 24.5. The molecule has 2 aliphatic rings. The molecule has 3 rings (SSSR count). The zero-order valence-electron chi connectivity index (χ0n) is 21.7. The first-order valence-electron chi connectivity index (χ1n) is 12.8. The van der Waals surface area contributed by atoms with Crippen LogP contribution < -0.4 is 0 Å². The molecule has 2 N–H and O–H groups in total. The molecule has 0 aromatic heterocycles. The lowest BCUT2D eigenvalue weighted by Crippen LogP contribution is -2.54. The van der Waals surface area contributed by atoms with Gasteiger partial charge in [0.05, 0.1) is 42.9 Å². The maximum absolute atomic E-state index is 13.9. The van der Waals surface area contributed by atoms with E-state index in [1.54, 1.807) is 0 Å². The van der Waals surface area contributed by atoms with Crippen LogP contribution in [0.4, 0.5) is 4.79 Å². The first-order chi connectivity index (χ1) is 18.2. The summed E-state index contributed by atoms with van der Waals surface area (Å²) < 4.78 is 22.0. The van der Waals surface area contributed by atoms with Crippen molar-refractivity contribution >= 4 is 33.7 Å². The minimum Gasteiger partial charge on any atom is -0.447 e. The van der Waals surface area contributed by atoms with E-state index in [1.165, 1.54) is 6.08 Å². The van der Waals surface area contributed by atoms with E-state index in [9.17, 15) is 19.5 Å². The number of halogens is 1. The number of aliphatic hydroxyl groups excluding tert-OH is 1. The van der Waals surface area contributed by atoms with Crippen LogP contribution in [-0.2, 0) is 35.0 Å². The summed E-state index contributed by atoms with van der Waals surface area (Å²) in [5.74, 6) is -4.03. The summed E-state index contributed by atoms with van der Waals surface area (Å²) in [5.41, 5.74) is 0.782. The van der Waals surface area contributed by atoms with E-state index in [-0.39, 0.29) is 43.1 Å². The molecule has 11 heteroatoms. The Morgan fingerprint density at radius 2 is 1.84 bits per heavy atom. The third kappa shape index (κ3) is 7.71. The molecule has 0 spiro atoms. The highest BCUT2D eigenvalue weighted by molar-refractivity contribution is 9.11. The lowest BCUT2D eigenvalue weighted by Gasteiger charge is -2.39. The van der Waals surface area contributed by atoms with Gasteiger partial charge in [0.25, 0.3) is 0 Å². The smallest absolute Gasteiger partial charge is 0.416 e. The molecule has 10 nitrogen and oxygen atoms in total. The van der Waals surface area contributed by atoms with Crippen LogP contribution >= 0.6 is 15.9 Å². The fourth-order valence-electron chi connectivity index (χ4n) is 4.45. The number of ether oxygens (including phenoxy) is 4. The van der Waals surface area contributed by atoms with E-state index in [2.05, 4.69) is 15.9 Å². The number of rotatable bonds is 14. The Bertz CT molecular complexity index is 986. The fourth-order valence-corrected chi connectivity index (χ4v) is 4.97. The number of benzene rings is 1. The van der Waals surface area contributed by atoms with Gasteiger partial charge in [-0.25, -0.2) is 9.69 Å². The summed E-state index contributed by atoms with van der Waals surface area (Å²) in [6.45, 7) is 5.00. The number of nitrogens with zero attached hydrogens (tertiary/aromatic N) is 1. The van der Waals surface area contributed by atoms with Crippen molar-refractivity contribution < 1.29 is 43.5 Å². The number of cyclic esters (lactones) is 1. The summed E-state index contributed by atoms with van der Waals surface area (Å²) in [5, 5.41) is 20.1. The van der Waals surface area contributed by atoms with Gasteiger partial charge in [0.1, 0.15) is 12.7 Å². The van der Waals surface area contributed by atoms with E-state index in [4.69, 9.17) is 24.1 Å². The van der Waals surface area contributed by atoms with Crippen molar-refractivity contribution in [3.8, 4) is 0 Å². The molecule has 1 fully saturated rings. The van der Waals surface area contributed by atoms with Crippen LogP contribution in [0.5, 0.6) is 0 Å². The molecule has 2 aliphatic heterocycles. The van der Waals surface area contributed by atoms with Crippen LogP contribution in [0.25, 0.3) is 0 Å². The predicted molar refractivity (Wildman–Crippen MR) is 140 cm³/mol. The molecule has 2 amide bonds. The summed E-state index contributed by atoms with van der Waals surface area (Å²) in [7, 11) is 0. The molecule has 0 aliphatic carbocycles. The minimum atomic E-state index is -1.85. The molecule has 2 heterocycles. The Hall–Kier alpha value is -2.15. The topological polar surface area (TPSA) is 132 Å². The average Bonchev–Trinajstić information content (AvgIpc) is 3.28. The van der Waals surface area contributed by atoms with Crippen molar-refractivity contribution in [2.24, 2.45) is 11.8 Å². The molecule has 1 saturated heterocycles. The minimum absolute atomic E-state index is 0.0502. The highest BCUT2D eigenvalue weighted by Gasteiger charge is 2.50. The van der Waals surface area contributed by atoms with Crippen LogP contribution in [0, 0.1) is 11.8 Å². The number of carbonyl (C=O) groups is 3. The van der Waals surface area contributed by atoms with Gasteiger partial charge in [-0.15, -0.1) is 0 Å². The Balaban J connectivity index is 1.77. The Labute approximate surface area is 231 Å². The van der Waals surface area contributed by atoms with E-state index in [0.29, 0.717) is 26.2 Å². The van der Waals surface area contributed by atoms with Gasteiger partial charge in [0.15, 0.2) is 11.6 Å². The summed E-state index contributed by atoms with van der Waals surface area (Å²) >= 11 is 3.26. The van der Waals surface area contributed by atoms with Crippen LogP contribution in [0.15, 0.2) is 40.9 Å². The summed E-state index contributed by atoms with van der Waals surface area (Å²) in [4.78, 5) is 40.7. The fraction of sp³-hybridized carbons (Fsp3) is 0.593. The van der Waals surface area contributed by atoms with Crippen molar-refractivity contribution in [2.75, 3.05) is 39.6 Å². The second kappa shape index (κ2) is 14.3. The van der Waals surface area contributed by atoms with Gasteiger partial charge in [-0.05, 0) is 46.3 Å². The summed E-state index contributed by atoms with van der Waals surface area (Å²) in [6.07, 6.45) is -0.206. The van der Waals surface area contributed by atoms with Gasteiger partial charge in [0.2, 0.25) is 5.91 Å². The SMILES string of the molecule is CC(C)[C@@H]1COC(=O)N1C(=O)[C@H](Cc1ccccc1)[C@H]1O[C@@](O)(CCCOCCOCCO)C(Br)=CC1=O. The zero-order chi connectivity index (χ0) is 27.7. The Morgan fingerprint density at radius 3 is 2.50 bits per heavy atom. The van der Waals surface area contributed by atoms with Crippen LogP contribution in [0.3, 0.4) is 0 Å². The molecule has 0 bridgehead atoms. The van der Waals surface area contributed by atoms with E-state index in [0.717, 1.165) is 10.5 Å².